The van der Waals surface area contributed by atoms with Crippen LogP contribution in [0.4, 0.5) is 0 Å². The van der Waals surface area contributed by atoms with Crippen LogP contribution >= 0.6 is 0 Å². The number of unbranched alkanes of at least 4 members (excludes halogenated alkanes) is 1. The lowest BCUT2D eigenvalue weighted by Gasteiger charge is -2.13. The minimum Gasteiger partial charge on any atom is -0.426 e. The fourth-order valence-corrected chi connectivity index (χ4v) is 3.06. The molecule has 1 aromatic heterocycles. The maximum atomic E-state index is 12.4. The molecule has 1 heterocycles. The summed E-state index contributed by atoms with van der Waals surface area (Å²) in [4.78, 5) is 24.5. The molecule has 1 atom stereocenters. The second-order valence-corrected chi connectivity index (χ2v) is 6.26. The fourth-order valence-electron chi connectivity index (χ4n) is 3.06. The molecule has 0 aliphatic rings. The molecule has 0 spiro atoms. The van der Waals surface area contributed by atoms with Crippen molar-refractivity contribution in [1.82, 2.24) is 0 Å². The molecule has 25 heavy (non-hydrogen) atoms. The van der Waals surface area contributed by atoms with Crippen LogP contribution in [0.2, 0.25) is 0 Å². The third kappa shape index (κ3) is 3.58. The van der Waals surface area contributed by atoms with Crippen molar-refractivity contribution in [2.24, 2.45) is 5.92 Å². The van der Waals surface area contributed by atoms with E-state index >= 15 is 0 Å². The van der Waals surface area contributed by atoms with Crippen LogP contribution < -0.4 is 10.4 Å². The largest absolute Gasteiger partial charge is 0.426 e. The van der Waals surface area contributed by atoms with Crippen molar-refractivity contribution in [3.63, 3.8) is 0 Å². The van der Waals surface area contributed by atoms with Gasteiger partial charge in [-0.25, -0.2) is 4.79 Å². The van der Waals surface area contributed by atoms with Crippen LogP contribution in [0.5, 0.6) is 5.75 Å². The van der Waals surface area contributed by atoms with E-state index in [9.17, 15) is 9.59 Å². The number of rotatable bonds is 6. The monoisotopic (exact) mass is 338 g/mol. The minimum atomic E-state index is -0.388. The van der Waals surface area contributed by atoms with E-state index < -0.39 is 0 Å². The Kier molecular flexibility index (Phi) is 5.17. The first-order valence-electron chi connectivity index (χ1n) is 8.81. The van der Waals surface area contributed by atoms with Gasteiger partial charge < -0.3 is 9.15 Å². The van der Waals surface area contributed by atoms with Crippen LogP contribution in [-0.4, -0.2) is 5.97 Å². The van der Waals surface area contributed by atoms with Crippen molar-refractivity contribution in [2.75, 3.05) is 0 Å². The molecule has 3 rings (SSSR count). The molecule has 0 unspecified atom stereocenters. The second-order valence-electron chi connectivity index (χ2n) is 6.26. The second kappa shape index (κ2) is 7.51. The summed E-state index contributed by atoms with van der Waals surface area (Å²) < 4.78 is 10.9. The highest BCUT2D eigenvalue weighted by Crippen LogP contribution is 2.27. The topological polar surface area (TPSA) is 56.5 Å². The summed E-state index contributed by atoms with van der Waals surface area (Å²) in [7, 11) is 0. The van der Waals surface area contributed by atoms with Crippen molar-refractivity contribution < 1.29 is 13.9 Å². The summed E-state index contributed by atoms with van der Waals surface area (Å²) in [6, 6.07) is 12.5. The average molecular weight is 338 g/mol. The van der Waals surface area contributed by atoms with E-state index in [4.69, 9.17) is 9.15 Å². The molecule has 3 aromatic rings. The molecule has 130 valence electrons. The van der Waals surface area contributed by atoms with Crippen molar-refractivity contribution in [3.05, 3.63) is 52.9 Å². The highest BCUT2D eigenvalue weighted by Gasteiger charge is 2.18. The summed E-state index contributed by atoms with van der Waals surface area (Å²) in [5.41, 5.74) is 0.0385. The number of esters is 1. The molecule has 0 saturated heterocycles. The van der Waals surface area contributed by atoms with Gasteiger partial charge in [0.25, 0.3) is 0 Å². The molecular weight excluding hydrogens is 316 g/mol. The molecule has 0 radical (unpaired) electrons. The van der Waals surface area contributed by atoms with Gasteiger partial charge in [0.15, 0.2) is 0 Å². The van der Waals surface area contributed by atoms with Gasteiger partial charge in [-0.15, -0.1) is 0 Å². The van der Waals surface area contributed by atoms with Crippen LogP contribution in [0.15, 0.2) is 51.7 Å². The normalized spacial score (nSPS) is 12.4. The Morgan fingerprint density at radius 2 is 1.84 bits per heavy atom. The van der Waals surface area contributed by atoms with Gasteiger partial charge in [0, 0.05) is 11.5 Å². The van der Waals surface area contributed by atoms with E-state index in [0.717, 1.165) is 36.5 Å². The lowest BCUT2D eigenvalue weighted by atomic mass is 10.00. The van der Waals surface area contributed by atoms with Crippen LogP contribution in [0.1, 0.15) is 39.5 Å². The van der Waals surface area contributed by atoms with Gasteiger partial charge in [0.2, 0.25) is 0 Å². The van der Waals surface area contributed by atoms with Crippen LogP contribution in [0, 0.1) is 5.92 Å². The summed E-state index contributed by atoms with van der Waals surface area (Å²) in [6.45, 7) is 4.10. The van der Waals surface area contributed by atoms with Gasteiger partial charge in [-0.2, -0.15) is 0 Å². The van der Waals surface area contributed by atoms with Crippen molar-refractivity contribution in [3.8, 4) is 5.75 Å². The number of carbonyl (C=O) groups excluding carboxylic acids is 1. The number of carbonyl (C=O) groups is 1. The zero-order chi connectivity index (χ0) is 17.8. The van der Waals surface area contributed by atoms with Crippen molar-refractivity contribution in [1.29, 1.82) is 0 Å². The molecular formula is C21H22O4. The molecule has 0 aliphatic carbocycles. The Hall–Kier alpha value is -2.62. The Morgan fingerprint density at radius 3 is 2.56 bits per heavy atom. The molecule has 0 N–H and O–H groups in total. The quantitative estimate of drug-likeness (QED) is 0.272. The van der Waals surface area contributed by atoms with Gasteiger partial charge in [0.1, 0.15) is 11.3 Å². The highest BCUT2D eigenvalue weighted by atomic mass is 16.5. The van der Waals surface area contributed by atoms with E-state index in [1.165, 1.54) is 0 Å². The van der Waals surface area contributed by atoms with E-state index in [0.29, 0.717) is 16.7 Å². The van der Waals surface area contributed by atoms with E-state index in [-0.39, 0.29) is 17.5 Å². The van der Waals surface area contributed by atoms with Crippen molar-refractivity contribution in [2.45, 2.75) is 39.5 Å². The predicted octanol–water partition coefficient (Wildman–Crippen LogP) is 5.07. The Bertz CT molecular complexity index is 955. The summed E-state index contributed by atoms with van der Waals surface area (Å²) in [5.74, 6) is 0.0866. The standard InChI is InChI=1S/C21H22O4/c1-3-5-8-14(4-2)20(22)24-15-11-12-17-16-9-6-7-10-18(16)21(23)25-19(17)13-15/h6-7,9-14H,3-5,8H2,1-2H3/t14-/m0/s1. The fraction of sp³-hybridized carbons (Fsp3) is 0.333. The first-order valence-corrected chi connectivity index (χ1v) is 8.81. The lowest BCUT2D eigenvalue weighted by Crippen LogP contribution is -2.20. The molecule has 4 heteroatoms. The first-order chi connectivity index (χ1) is 12.1. The molecule has 4 nitrogen and oxygen atoms in total. The minimum absolute atomic E-state index is 0.0979. The Balaban J connectivity index is 1.92. The van der Waals surface area contributed by atoms with Crippen LogP contribution in [-0.2, 0) is 4.79 Å². The molecule has 0 saturated carbocycles. The van der Waals surface area contributed by atoms with Gasteiger partial charge in [-0.05, 0) is 36.4 Å². The zero-order valence-corrected chi connectivity index (χ0v) is 14.6. The molecule has 2 aromatic carbocycles. The van der Waals surface area contributed by atoms with E-state index in [1.54, 1.807) is 18.2 Å². The Labute approximate surface area is 146 Å². The maximum Gasteiger partial charge on any atom is 0.344 e. The number of benzene rings is 2. The lowest BCUT2D eigenvalue weighted by molar-refractivity contribution is -0.139. The third-order valence-electron chi connectivity index (χ3n) is 4.54. The maximum absolute atomic E-state index is 12.4. The van der Waals surface area contributed by atoms with Crippen molar-refractivity contribution >= 4 is 27.7 Å². The number of ether oxygens (including phenoxy) is 1. The Morgan fingerprint density at radius 1 is 1.08 bits per heavy atom. The number of fused-ring (bicyclic) bond motifs is 3. The highest BCUT2D eigenvalue weighted by molar-refractivity contribution is 6.04. The van der Waals surface area contributed by atoms with Crippen LogP contribution in [0.3, 0.4) is 0 Å². The van der Waals surface area contributed by atoms with Gasteiger partial charge in [-0.3, -0.25) is 4.79 Å². The third-order valence-corrected chi connectivity index (χ3v) is 4.54. The summed E-state index contributed by atoms with van der Waals surface area (Å²) in [5, 5.41) is 2.21. The zero-order valence-electron chi connectivity index (χ0n) is 14.6. The summed E-state index contributed by atoms with van der Waals surface area (Å²) in [6.07, 6.45) is 3.65. The molecule has 0 bridgehead atoms. The van der Waals surface area contributed by atoms with E-state index in [2.05, 4.69) is 6.92 Å². The van der Waals surface area contributed by atoms with Crippen LogP contribution in [0.25, 0.3) is 21.7 Å². The number of hydrogen-bond donors (Lipinski definition) is 0. The first kappa shape index (κ1) is 17.2. The van der Waals surface area contributed by atoms with Gasteiger partial charge >= 0.3 is 11.6 Å². The number of hydrogen-bond acceptors (Lipinski definition) is 4. The SMILES string of the molecule is CCCC[C@H](CC)C(=O)Oc1ccc2c(c1)oc(=O)c1ccccc12. The predicted molar refractivity (Wildman–Crippen MR) is 98.9 cm³/mol. The van der Waals surface area contributed by atoms with Gasteiger partial charge in [0.05, 0.1) is 11.3 Å². The van der Waals surface area contributed by atoms with Gasteiger partial charge in [-0.1, -0.05) is 44.9 Å². The van der Waals surface area contributed by atoms with E-state index in [1.807, 2.05) is 31.2 Å². The molecule has 0 fully saturated rings. The molecule has 0 amide bonds. The smallest absolute Gasteiger partial charge is 0.344 e. The molecule has 0 aliphatic heterocycles. The summed E-state index contributed by atoms with van der Waals surface area (Å²) >= 11 is 0. The average Bonchev–Trinajstić information content (AvgIpc) is 2.62.